The van der Waals surface area contributed by atoms with Crippen molar-refractivity contribution in [2.24, 2.45) is 0 Å². The molecule has 0 radical (unpaired) electrons. The minimum Gasteiger partial charge on any atom is -0.486 e. The van der Waals surface area contributed by atoms with E-state index >= 15 is 0 Å². The summed E-state index contributed by atoms with van der Waals surface area (Å²) in [6, 6.07) is 2.80. The number of halogens is 5. The molecule has 1 saturated heterocycles. The smallest absolute Gasteiger partial charge is 0.423 e. The van der Waals surface area contributed by atoms with Crippen LogP contribution in [0.2, 0.25) is 0 Å². The van der Waals surface area contributed by atoms with Gasteiger partial charge in [-0.15, -0.1) is 12.4 Å². The summed E-state index contributed by atoms with van der Waals surface area (Å²) in [5, 5.41) is 8.41. The van der Waals surface area contributed by atoms with Gasteiger partial charge in [0.05, 0.1) is 11.9 Å². The van der Waals surface area contributed by atoms with E-state index in [2.05, 4.69) is 10.4 Å². The maximum absolute atomic E-state index is 14.3. The number of hydrogen-bond acceptors (Lipinski definition) is 5. The van der Waals surface area contributed by atoms with Crippen molar-refractivity contribution in [3.05, 3.63) is 51.2 Å². The molecule has 0 saturated carbocycles. The SMILES string of the molecule is Cl.O=c1[nH]ncc(N2Cc3cc(F)c(OC4CCNC4)cc3C2)c1C(F)(F)F. The summed E-state index contributed by atoms with van der Waals surface area (Å²) in [7, 11) is 0. The van der Waals surface area contributed by atoms with E-state index in [0.717, 1.165) is 19.2 Å². The van der Waals surface area contributed by atoms with Gasteiger partial charge in [-0.05, 0) is 36.2 Å². The van der Waals surface area contributed by atoms with E-state index in [1.54, 1.807) is 0 Å². The van der Waals surface area contributed by atoms with Crippen LogP contribution in [0.15, 0.2) is 23.1 Å². The predicted octanol–water partition coefficient (Wildman–Crippen LogP) is 2.61. The summed E-state index contributed by atoms with van der Waals surface area (Å²) in [6.45, 7) is 1.56. The van der Waals surface area contributed by atoms with E-state index in [-0.39, 0.29) is 43.0 Å². The van der Waals surface area contributed by atoms with Crippen molar-refractivity contribution in [1.82, 2.24) is 15.5 Å². The van der Waals surface area contributed by atoms with Crippen LogP contribution in [0.25, 0.3) is 0 Å². The molecule has 28 heavy (non-hydrogen) atoms. The van der Waals surface area contributed by atoms with Crippen LogP contribution in [0.5, 0.6) is 5.75 Å². The van der Waals surface area contributed by atoms with Crippen molar-refractivity contribution in [3.63, 3.8) is 0 Å². The summed E-state index contributed by atoms with van der Waals surface area (Å²) < 4.78 is 59.9. The zero-order valence-electron chi connectivity index (χ0n) is 14.5. The molecule has 2 N–H and O–H groups in total. The monoisotopic (exact) mass is 420 g/mol. The second-order valence-corrected chi connectivity index (χ2v) is 6.60. The summed E-state index contributed by atoms with van der Waals surface area (Å²) in [5.41, 5.74) is -1.73. The van der Waals surface area contributed by atoms with Crippen LogP contribution >= 0.6 is 12.4 Å². The van der Waals surface area contributed by atoms with E-state index < -0.39 is 23.1 Å². The number of anilines is 1. The lowest BCUT2D eigenvalue weighted by molar-refractivity contribution is -0.138. The number of aromatic amines is 1. The maximum Gasteiger partial charge on any atom is 0.423 e. The largest absolute Gasteiger partial charge is 0.486 e. The highest BCUT2D eigenvalue weighted by atomic mass is 35.5. The highest BCUT2D eigenvalue weighted by molar-refractivity contribution is 5.85. The van der Waals surface area contributed by atoms with E-state index in [1.165, 1.54) is 17.0 Å². The van der Waals surface area contributed by atoms with Crippen LogP contribution in [0.1, 0.15) is 23.1 Å². The van der Waals surface area contributed by atoms with Gasteiger partial charge in [0.15, 0.2) is 11.6 Å². The molecular formula is C17H17ClF4N4O2. The molecule has 2 aromatic rings. The predicted molar refractivity (Wildman–Crippen MR) is 95.3 cm³/mol. The number of rotatable bonds is 3. The first kappa shape index (κ1) is 20.4. The molecule has 1 atom stereocenters. The summed E-state index contributed by atoms with van der Waals surface area (Å²) in [6.07, 6.45) is -3.23. The topological polar surface area (TPSA) is 70.2 Å². The number of nitrogens with one attached hydrogen (secondary N) is 2. The van der Waals surface area contributed by atoms with Gasteiger partial charge in [-0.2, -0.15) is 18.3 Å². The molecule has 1 fully saturated rings. The van der Waals surface area contributed by atoms with Gasteiger partial charge in [0.2, 0.25) is 0 Å². The van der Waals surface area contributed by atoms with E-state index in [4.69, 9.17) is 4.74 Å². The van der Waals surface area contributed by atoms with Crippen molar-refractivity contribution >= 4 is 18.1 Å². The van der Waals surface area contributed by atoms with E-state index in [1.807, 2.05) is 5.10 Å². The number of hydrogen-bond donors (Lipinski definition) is 2. The normalized spacial score (nSPS) is 18.7. The molecule has 2 aliphatic heterocycles. The quantitative estimate of drug-likeness (QED) is 0.747. The molecule has 0 bridgehead atoms. The Morgan fingerprint density at radius 3 is 2.57 bits per heavy atom. The van der Waals surface area contributed by atoms with Gasteiger partial charge in [-0.25, -0.2) is 9.49 Å². The molecule has 1 aromatic carbocycles. The van der Waals surface area contributed by atoms with Gasteiger partial charge in [0.1, 0.15) is 11.7 Å². The highest BCUT2D eigenvalue weighted by Gasteiger charge is 2.39. The number of alkyl halides is 3. The fourth-order valence-corrected chi connectivity index (χ4v) is 3.47. The van der Waals surface area contributed by atoms with E-state index in [0.29, 0.717) is 17.7 Å². The van der Waals surface area contributed by atoms with Crippen molar-refractivity contribution in [3.8, 4) is 5.75 Å². The van der Waals surface area contributed by atoms with Crippen LogP contribution in [0.4, 0.5) is 23.2 Å². The van der Waals surface area contributed by atoms with Gasteiger partial charge >= 0.3 is 6.18 Å². The Morgan fingerprint density at radius 1 is 1.21 bits per heavy atom. The Morgan fingerprint density at radius 2 is 1.93 bits per heavy atom. The summed E-state index contributed by atoms with van der Waals surface area (Å²) >= 11 is 0. The maximum atomic E-state index is 14.3. The van der Waals surface area contributed by atoms with Gasteiger partial charge in [0.25, 0.3) is 5.56 Å². The number of H-pyrrole nitrogens is 1. The van der Waals surface area contributed by atoms with Crippen LogP contribution in [0, 0.1) is 5.82 Å². The van der Waals surface area contributed by atoms with Crippen LogP contribution in [-0.4, -0.2) is 29.4 Å². The first-order valence-electron chi connectivity index (χ1n) is 8.41. The van der Waals surface area contributed by atoms with Crippen LogP contribution in [-0.2, 0) is 19.3 Å². The van der Waals surface area contributed by atoms with E-state index in [9.17, 15) is 22.4 Å². The Hall–Kier alpha value is -2.33. The molecular weight excluding hydrogens is 404 g/mol. The van der Waals surface area contributed by atoms with Gasteiger partial charge in [0, 0.05) is 19.6 Å². The molecule has 2 aliphatic rings. The van der Waals surface area contributed by atoms with Gasteiger partial charge in [-0.3, -0.25) is 4.79 Å². The third kappa shape index (κ3) is 3.79. The first-order chi connectivity index (χ1) is 12.8. The summed E-state index contributed by atoms with van der Waals surface area (Å²) in [4.78, 5) is 13.0. The van der Waals surface area contributed by atoms with Crippen LogP contribution in [0.3, 0.4) is 0 Å². The van der Waals surface area contributed by atoms with Crippen LogP contribution < -0.4 is 20.5 Å². The fraction of sp³-hybridized carbons (Fsp3) is 0.412. The zero-order valence-corrected chi connectivity index (χ0v) is 15.3. The Labute approximate surface area is 163 Å². The second-order valence-electron chi connectivity index (χ2n) is 6.60. The number of ether oxygens (including phenoxy) is 1. The van der Waals surface area contributed by atoms with Crippen molar-refractivity contribution < 1.29 is 22.3 Å². The number of benzene rings is 1. The minimum atomic E-state index is -4.82. The lowest BCUT2D eigenvalue weighted by atomic mass is 10.1. The average Bonchev–Trinajstić information content (AvgIpc) is 3.23. The minimum absolute atomic E-state index is 0. The molecule has 152 valence electrons. The molecule has 4 rings (SSSR count). The lowest BCUT2D eigenvalue weighted by Crippen LogP contribution is -2.28. The van der Waals surface area contributed by atoms with Crippen molar-refractivity contribution in [2.75, 3.05) is 18.0 Å². The molecule has 0 amide bonds. The third-order valence-corrected chi connectivity index (χ3v) is 4.75. The number of fused-ring (bicyclic) bond motifs is 1. The molecule has 0 aliphatic carbocycles. The molecule has 3 heterocycles. The van der Waals surface area contributed by atoms with Gasteiger partial charge in [-0.1, -0.05) is 0 Å². The third-order valence-electron chi connectivity index (χ3n) is 4.75. The number of aromatic nitrogens is 2. The van der Waals surface area contributed by atoms with Gasteiger partial charge < -0.3 is 15.0 Å². The molecule has 6 nitrogen and oxygen atoms in total. The van der Waals surface area contributed by atoms with Crippen molar-refractivity contribution in [2.45, 2.75) is 31.8 Å². The first-order valence-corrected chi connectivity index (χ1v) is 8.41. The Kier molecular flexibility index (Phi) is 5.53. The number of nitrogens with zero attached hydrogens (tertiary/aromatic N) is 2. The Balaban J connectivity index is 0.00000225. The molecule has 1 aromatic heterocycles. The highest BCUT2D eigenvalue weighted by Crippen LogP contribution is 2.38. The average molecular weight is 421 g/mol. The van der Waals surface area contributed by atoms with Crippen molar-refractivity contribution in [1.29, 1.82) is 0 Å². The summed E-state index contributed by atoms with van der Waals surface area (Å²) in [5.74, 6) is -0.466. The standard InChI is InChI=1S/C17H16F4N4O2.ClH/c18-12-3-9-7-25(13-6-23-24-16(26)15(13)17(19,20)21)8-10(9)4-14(12)27-11-1-2-22-5-11;/h3-4,6,11,22H,1-2,5,7-8H2,(H,24,26);1H. The lowest BCUT2D eigenvalue weighted by Gasteiger charge is -2.21. The fourth-order valence-electron chi connectivity index (χ4n) is 3.47. The molecule has 0 spiro atoms. The second kappa shape index (κ2) is 7.59. The molecule has 11 heteroatoms. The Bertz CT molecular complexity index is 928. The zero-order chi connectivity index (χ0) is 19.2. The molecule has 1 unspecified atom stereocenters.